The Bertz CT molecular complexity index is 722. The van der Waals surface area contributed by atoms with Crippen molar-refractivity contribution >= 4 is 23.5 Å². The number of hydrogen-bond acceptors (Lipinski definition) is 5. The van der Waals surface area contributed by atoms with Crippen LogP contribution < -0.4 is 20.9 Å². The predicted octanol–water partition coefficient (Wildman–Crippen LogP) is 1.10. The van der Waals surface area contributed by atoms with Crippen molar-refractivity contribution in [1.82, 2.24) is 10.2 Å². The molecule has 8 nitrogen and oxygen atoms in total. The van der Waals surface area contributed by atoms with Gasteiger partial charge in [-0.3, -0.25) is 4.90 Å². The van der Waals surface area contributed by atoms with Crippen LogP contribution in [0.4, 0.5) is 29.7 Å². The van der Waals surface area contributed by atoms with Gasteiger partial charge < -0.3 is 25.6 Å². The summed E-state index contributed by atoms with van der Waals surface area (Å²) in [6.07, 6.45) is -0.593. The summed E-state index contributed by atoms with van der Waals surface area (Å²) < 4.78 is 34.3. The second-order valence-corrected chi connectivity index (χ2v) is 6.89. The zero-order valence-electron chi connectivity index (χ0n) is 15.2. The summed E-state index contributed by atoms with van der Waals surface area (Å²) in [4.78, 5) is 27.7. The Morgan fingerprint density at radius 1 is 1.33 bits per heavy atom. The summed E-state index contributed by atoms with van der Waals surface area (Å²) in [7, 11) is 3.25. The van der Waals surface area contributed by atoms with Gasteiger partial charge in [-0.1, -0.05) is 0 Å². The topological polar surface area (TPSA) is 91.1 Å². The fourth-order valence-electron chi connectivity index (χ4n) is 3.25. The molecule has 2 heterocycles. The Labute approximate surface area is 155 Å². The molecule has 0 aromatic heterocycles. The number of nitrogens with zero attached hydrogens (tertiary/aromatic N) is 3. The van der Waals surface area contributed by atoms with E-state index < -0.39 is 23.8 Å². The minimum absolute atomic E-state index is 0.0892. The molecule has 2 aliphatic rings. The molecule has 1 unspecified atom stereocenters. The van der Waals surface area contributed by atoms with E-state index >= 15 is 0 Å². The lowest BCUT2D eigenvalue weighted by Crippen LogP contribution is -2.42. The van der Waals surface area contributed by atoms with Crippen LogP contribution in [-0.2, 0) is 4.74 Å². The number of cyclic esters (lactones) is 1. The SMILES string of the molecule is CN(C)C(=O)NC1CCN(c2c(F)cc(N3C[C@H](CN)OC3=O)cc2F)C1. The van der Waals surface area contributed by atoms with E-state index in [-0.39, 0.29) is 36.5 Å². The van der Waals surface area contributed by atoms with E-state index in [1.807, 2.05) is 0 Å². The molecule has 10 heteroatoms. The number of ether oxygens (including phenoxy) is 1. The first-order chi connectivity index (χ1) is 12.8. The van der Waals surface area contributed by atoms with Gasteiger partial charge in [-0.05, 0) is 6.42 Å². The first-order valence-electron chi connectivity index (χ1n) is 8.70. The molecule has 2 saturated heterocycles. The third-order valence-electron chi connectivity index (χ3n) is 4.69. The molecule has 0 saturated carbocycles. The molecule has 148 valence electrons. The van der Waals surface area contributed by atoms with E-state index in [0.29, 0.717) is 19.5 Å². The maximum absolute atomic E-state index is 14.7. The second kappa shape index (κ2) is 7.55. The number of nitrogens with two attached hydrogens (primary N) is 1. The third kappa shape index (κ3) is 3.90. The van der Waals surface area contributed by atoms with Gasteiger partial charge in [0.2, 0.25) is 0 Å². The lowest BCUT2D eigenvalue weighted by molar-refractivity contribution is 0.145. The van der Waals surface area contributed by atoms with Crippen molar-refractivity contribution in [3.05, 3.63) is 23.8 Å². The summed E-state index contributed by atoms with van der Waals surface area (Å²) in [6.45, 7) is 0.995. The highest BCUT2D eigenvalue weighted by atomic mass is 19.1. The van der Waals surface area contributed by atoms with E-state index in [1.54, 1.807) is 19.0 Å². The highest BCUT2D eigenvalue weighted by Crippen LogP contribution is 2.32. The van der Waals surface area contributed by atoms with Crippen LogP contribution in [-0.4, -0.2) is 69.4 Å². The minimum Gasteiger partial charge on any atom is -0.443 e. The first kappa shape index (κ1) is 19.2. The maximum Gasteiger partial charge on any atom is 0.414 e. The summed E-state index contributed by atoms with van der Waals surface area (Å²) >= 11 is 0. The van der Waals surface area contributed by atoms with Crippen LogP contribution in [0.1, 0.15) is 6.42 Å². The van der Waals surface area contributed by atoms with E-state index in [4.69, 9.17) is 10.5 Å². The number of halogens is 2. The van der Waals surface area contributed by atoms with Crippen LogP contribution in [0.2, 0.25) is 0 Å². The van der Waals surface area contributed by atoms with Crippen LogP contribution >= 0.6 is 0 Å². The average Bonchev–Trinajstić information content (AvgIpc) is 3.20. The molecule has 0 aliphatic carbocycles. The number of carbonyl (C=O) groups is 2. The Morgan fingerprint density at radius 2 is 2.00 bits per heavy atom. The smallest absolute Gasteiger partial charge is 0.414 e. The van der Waals surface area contributed by atoms with Gasteiger partial charge in [0.25, 0.3) is 0 Å². The molecule has 27 heavy (non-hydrogen) atoms. The number of benzene rings is 1. The highest BCUT2D eigenvalue weighted by molar-refractivity contribution is 5.90. The quantitative estimate of drug-likeness (QED) is 0.813. The monoisotopic (exact) mass is 383 g/mol. The van der Waals surface area contributed by atoms with E-state index in [2.05, 4.69) is 5.32 Å². The highest BCUT2D eigenvalue weighted by Gasteiger charge is 2.34. The number of urea groups is 1. The van der Waals surface area contributed by atoms with Crippen molar-refractivity contribution < 1.29 is 23.1 Å². The largest absolute Gasteiger partial charge is 0.443 e. The van der Waals surface area contributed by atoms with Crippen LogP contribution in [0, 0.1) is 11.6 Å². The van der Waals surface area contributed by atoms with Crippen LogP contribution in [0.3, 0.4) is 0 Å². The third-order valence-corrected chi connectivity index (χ3v) is 4.69. The zero-order chi connectivity index (χ0) is 19.7. The molecule has 0 bridgehead atoms. The molecule has 0 spiro atoms. The number of anilines is 2. The molecule has 0 radical (unpaired) electrons. The van der Waals surface area contributed by atoms with Gasteiger partial charge >= 0.3 is 12.1 Å². The van der Waals surface area contributed by atoms with Crippen LogP contribution in [0.5, 0.6) is 0 Å². The second-order valence-electron chi connectivity index (χ2n) is 6.89. The number of hydrogen-bond donors (Lipinski definition) is 2. The summed E-state index contributed by atoms with van der Waals surface area (Å²) in [5.41, 5.74) is 5.40. The van der Waals surface area contributed by atoms with Gasteiger partial charge in [0.05, 0.1) is 12.2 Å². The first-order valence-corrected chi connectivity index (χ1v) is 8.70. The summed E-state index contributed by atoms with van der Waals surface area (Å²) in [5, 5.41) is 2.81. The number of rotatable bonds is 4. The van der Waals surface area contributed by atoms with Gasteiger partial charge in [-0.2, -0.15) is 0 Å². The number of amides is 3. The molecule has 3 N–H and O–H groups in total. The van der Waals surface area contributed by atoms with Crippen molar-refractivity contribution in [3.63, 3.8) is 0 Å². The summed E-state index contributed by atoms with van der Waals surface area (Å²) in [5.74, 6) is -1.54. The number of carbonyl (C=O) groups excluding carboxylic acids is 2. The zero-order valence-corrected chi connectivity index (χ0v) is 15.2. The number of nitrogens with one attached hydrogen (secondary N) is 1. The van der Waals surface area contributed by atoms with E-state index in [1.165, 1.54) is 4.90 Å². The molecule has 2 aliphatic heterocycles. The maximum atomic E-state index is 14.7. The van der Waals surface area contributed by atoms with E-state index in [0.717, 1.165) is 17.0 Å². The molecule has 2 atom stereocenters. The van der Waals surface area contributed by atoms with Crippen molar-refractivity contribution in [2.45, 2.75) is 18.6 Å². The normalized spacial score (nSPS) is 22.2. The Morgan fingerprint density at radius 3 is 2.56 bits per heavy atom. The predicted molar refractivity (Wildman–Crippen MR) is 95.9 cm³/mol. The fourth-order valence-corrected chi connectivity index (χ4v) is 3.25. The van der Waals surface area contributed by atoms with Gasteiger partial charge in [0.15, 0.2) is 11.6 Å². The van der Waals surface area contributed by atoms with Crippen molar-refractivity contribution in [2.75, 3.05) is 50.1 Å². The van der Waals surface area contributed by atoms with E-state index in [9.17, 15) is 18.4 Å². The fraction of sp³-hybridized carbons (Fsp3) is 0.529. The van der Waals surface area contributed by atoms with Crippen molar-refractivity contribution in [1.29, 1.82) is 0 Å². The van der Waals surface area contributed by atoms with Crippen molar-refractivity contribution in [2.24, 2.45) is 5.73 Å². The molecular formula is C17H23F2N5O3. The van der Waals surface area contributed by atoms with Crippen LogP contribution in [0.25, 0.3) is 0 Å². The minimum atomic E-state index is -0.770. The van der Waals surface area contributed by atoms with Gasteiger partial charge in [-0.25, -0.2) is 18.4 Å². The van der Waals surface area contributed by atoms with Gasteiger partial charge in [0.1, 0.15) is 11.8 Å². The molecule has 2 fully saturated rings. The Balaban J connectivity index is 1.74. The molecule has 3 amide bonds. The Kier molecular flexibility index (Phi) is 5.36. The molecular weight excluding hydrogens is 360 g/mol. The average molecular weight is 383 g/mol. The van der Waals surface area contributed by atoms with Crippen molar-refractivity contribution in [3.8, 4) is 0 Å². The summed E-state index contributed by atoms with van der Waals surface area (Å²) in [6, 6.07) is 1.78. The standard InChI is InChI=1S/C17H23F2N5O3/c1-22(2)16(25)21-10-3-4-23(8-10)15-13(18)5-11(6-14(15)19)24-9-12(7-20)27-17(24)26/h5-6,10,12H,3-4,7-9,20H2,1-2H3,(H,21,25)/t10?,12-/m0/s1. The Hall–Kier alpha value is -2.62. The van der Waals surface area contributed by atoms with Crippen LogP contribution in [0.15, 0.2) is 12.1 Å². The molecule has 1 aromatic rings. The molecule has 1 aromatic carbocycles. The van der Waals surface area contributed by atoms with Gasteiger partial charge in [0, 0.05) is 51.9 Å². The molecule has 3 rings (SSSR count). The lowest BCUT2D eigenvalue weighted by atomic mass is 10.2. The lowest BCUT2D eigenvalue weighted by Gasteiger charge is -2.22. The van der Waals surface area contributed by atoms with Gasteiger partial charge in [-0.15, -0.1) is 0 Å².